The van der Waals surface area contributed by atoms with Gasteiger partial charge in [-0.25, -0.2) is 4.39 Å². The van der Waals surface area contributed by atoms with Crippen LogP contribution in [0.1, 0.15) is 21.5 Å². The lowest BCUT2D eigenvalue weighted by atomic mass is 10.1. The van der Waals surface area contributed by atoms with E-state index in [-0.39, 0.29) is 17.6 Å². The highest BCUT2D eigenvalue weighted by Crippen LogP contribution is 2.29. The molecule has 1 heterocycles. The van der Waals surface area contributed by atoms with Gasteiger partial charge in [0, 0.05) is 23.6 Å². The van der Waals surface area contributed by atoms with Crippen molar-refractivity contribution in [3.63, 3.8) is 0 Å². The average Bonchev–Trinajstić information content (AvgIpc) is 2.84. The Labute approximate surface area is 195 Å². The quantitative estimate of drug-likeness (QED) is 0.459. The molecule has 6 nitrogen and oxygen atoms in total. The van der Waals surface area contributed by atoms with Crippen LogP contribution >= 0.6 is 11.8 Å². The van der Waals surface area contributed by atoms with Crippen molar-refractivity contribution in [1.29, 1.82) is 0 Å². The first-order valence-corrected chi connectivity index (χ1v) is 11.6. The molecule has 170 valence electrons. The Kier molecular flexibility index (Phi) is 7.14. The molecule has 3 aromatic rings. The van der Waals surface area contributed by atoms with Gasteiger partial charge in [-0.15, -0.1) is 0 Å². The maximum absolute atomic E-state index is 13.0. The summed E-state index contributed by atoms with van der Waals surface area (Å²) in [7, 11) is 1.60. The van der Waals surface area contributed by atoms with Gasteiger partial charge in [0.1, 0.15) is 17.6 Å². The number of hydrogen-bond donors (Lipinski definition) is 3. The molecule has 3 N–H and O–H groups in total. The smallest absolute Gasteiger partial charge is 0.251 e. The van der Waals surface area contributed by atoms with Crippen LogP contribution in [0.25, 0.3) is 0 Å². The highest BCUT2D eigenvalue weighted by molar-refractivity contribution is 7.98. The molecule has 0 radical (unpaired) electrons. The van der Waals surface area contributed by atoms with Crippen LogP contribution in [0.4, 0.5) is 15.8 Å². The summed E-state index contributed by atoms with van der Waals surface area (Å²) in [5, 5.41) is 9.02. The average molecular weight is 466 g/mol. The number of anilines is 2. The lowest BCUT2D eigenvalue weighted by Gasteiger charge is -2.27. The van der Waals surface area contributed by atoms with Gasteiger partial charge in [-0.3, -0.25) is 9.59 Å². The van der Waals surface area contributed by atoms with Gasteiger partial charge in [-0.1, -0.05) is 24.3 Å². The van der Waals surface area contributed by atoms with Gasteiger partial charge in [0.25, 0.3) is 5.91 Å². The highest BCUT2D eigenvalue weighted by Gasteiger charge is 2.26. The van der Waals surface area contributed by atoms with Crippen molar-refractivity contribution in [2.75, 3.05) is 23.5 Å². The Balaban J connectivity index is 1.33. The Morgan fingerprint density at radius 2 is 1.88 bits per heavy atom. The minimum atomic E-state index is -0.393. The SMILES string of the molecule is COc1cccc(CNC(=O)c2ccc3c(c2)NC(=O)C(CSCc2ccc(F)cc2)N3)c1. The number of rotatable bonds is 8. The molecule has 0 spiro atoms. The van der Waals surface area contributed by atoms with Crippen molar-refractivity contribution in [3.8, 4) is 5.75 Å². The summed E-state index contributed by atoms with van der Waals surface area (Å²) in [5.74, 6) is 1.34. The van der Waals surface area contributed by atoms with E-state index >= 15 is 0 Å². The number of fused-ring (bicyclic) bond motifs is 1. The lowest BCUT2D eigenvalue weighted by Crippen LogP contribution is -2.40. The van der Waals surface area contributed by atoms with Crippen LogP contribution in [0, 0.1) is 5.82 Å². The van der Waals surface area contributed by atoms with Gasteiger partial charge in [0.05, 0.1) is 18.5 Å². The van der Waals surface area contributed by atoms with E-state index in [1.807, 2.05) is 24.3 Å². The van der Waals surface area contributed by atoms with Gasteiger partial charge >= 0.3 is 0 Å². The molecular weight excluding hydrogens is 441 g/mol. The van der Waals surface area contributed by atoms with E-state index in [4.69, 9.17) is 4.74 Å². The van der Waals surface area contributed by atoms with E-state index in [2.05, 4.69) is 16.0 Å². The molecule has 1 unspecified atom stereocenters. The van der Waals surface area contributed by atoms with E-state index in [1.54, 1.807) is 49.2 Å². The van der Waals surface area contributed by atoms with Crippen molar-refractivity contribution in [3.05, 3.63) is 89.2 Å². The Hall–Kier alpha value is -3.52. The second kappa shape index (κ2) is 10.4. The van der Waals surface area contributed by atoms with Crippen molar-refractivity contribution < 1.29 is 18.7 Å². The third kappa shape index (κ3) is 5.84. The van der Waals surface area contributed by atoms with Crippen molar-refractivity contribution in [2.45, 2.75) is 18.3 Å². The number of thioether (sulfide) groups is 1. The maximum atomic E-state index is 13.0. The summed E-state index contributed by atoms with van der Waals surface area (Å²) in [5.41, 5.74) is 3.74. The Bertz CT molecular complexity index is 1150. The number of methoxy groups -OCH3 is 1. The summed E-state index contributed by atoms with van der Waals surface area (Å²) in [4.78, 5) is 25.1. The topological polar surface area (TPSA) is 79.5 Å². The summed E-state index contributed by atoms with van der Waals surface area (Å²) < 4.78 is 18.2. The van der Waals surface area contributed by atoms with E-state index in [1.165, 1.54) is 12.1 Å². The fourth-order valence-electron chi connectivity index (χ4n) is 3.45. The summed E-state index contributed by atoms with van der Waals surface area (Å²) in [6.07, 6.45) is 0. The molecule has 1 aliphatic heterocycles. The predicted octanol–water partition coefficient (Wildman–Crippen LogP) is 4.43. The standard InChI is InChI=1S/C25H24FN3O3S/c1-32-20-4-2-3-17(11-20)13-27-24(30)18-7-10-21-22(12-18)29-25(31)23(28-21)15-33-14-16-5-8-19(26)9-6-16/h2-12,23,28H,13-15H2,1H3,(H,27,30)(H,29,31). The third-order valence-electron chi connectivity index (χ3n) is 5.24. The van der Waals surface area contributed by atoms with E-state index < -0.39 is 6.04 Å². The summed E-state index contributed by atoms with van der Waals surface area (Å²) >= 11 is 1.59. The zero-order valence-corrected chi connectivity index (χ0v) is 18.9. The van der Waals surface area contributed by atoms with Crippen molar-refractivity contribution in [1.82, 2.24) is 5.32 Å². The van der Waals surface area contributed by atoms with Gasteiger partial charge in [-0.05, 0) is 53.6 Å². The van der Waals surface area contributed by atoms with Crippen LogP contribution in [0.15, 0.2) is 66.7 Å². The molecule has 1 aliphatic rings. The molecule has 0 bridgehead atoms. The number of halogens is 1. The van der Waals surface area contributed by atoms with Gasteiger partial charge in [0.15, 0.2) is 0 Å². The summed E-state index contributed by atoms with van der Waals surface area (Å²) in [6, 6.07) is 18.6. The molecule has 4 rings (SSSR count). The van der Waals surface area contributed by atoms with Gasteiger partial charge in [0.2, 0.25) is 5.91 Å². The molecule has 33 heavy (non-hydrogen) atoms. The molecule has 1 atom stereocenters. The molecule has 0 saturated heterocycles. The van der Waals surface area contributed by atoms with Crippen molar-refractivity contribution in [2.24, 2.45) is 0 Å². The Morgan fingerprint density at radius 3 is 2.67 bits per heavy atom. The van der Waals surface area contributed by atoms with Crippen LogP contribution in [0.2, 0.25) is 0 Å². The predicted molar refractivity (Wildman–Crippen MR) is 129 cm³/mol. The molecule has 0 aliphatic carbocycles. The molecular formula is C25H24FN3O3S. The number of hydrogen-bond acceptors (Lipinski definition) is 5. The van der Waals surface area contributed by atoms with Crippen LogP contribution < -0.4 is 20.7 Å². The third-order valence-corrected chi connectivity index (χ3v) is 6.35. The van der Waals surface area contributed by atoms with Crippen LogP contribution in [0.3, 0.4) is 0 Å². The normalized spacial score (nSPS) is 14.6. The zero-order valence-electron chi connectivity index (χ0n) is 18.1. The van der Waals surface area contributed by atoms with Crippen LogP contribution in [-0.4, -0.2) is 30.7 Å². The van der Waals surface area contributed by atoms with E-state index in [0.29, 0.717) is 29.3 Å². The summed E-state index contributed by atoms with van der Waals surface area (Å²) in [6.45, 7) is 0.366. The second-order valence-electron chi connectivity index (χ2n) is 7.62. The molecule has 3 aromatic carbocycles. The minimum Gasteiger partial charge on any atom is -0.497 e. The molecule has 8 heteroatoms. The van der Waals surface area contributed by atoms with Crippen LogP contribution in [-0.2, 0) is 17.1 Å². The second-order valence-corrected chi connectivity index (χ2v) is 8.65. The molecule has 0 fully saturated rings. The monoisotopic (exact) mass is 465 g/mol. The molecule has 0 aromatic heterocycles. The molecule has 2 amide bonds. The first kappa shape index (κ1) is 22.7. The first-order chi connectivity index (χ1) is 16.0. The number of ether oxygens (including phenoxy) is 1. The number of benzene rings is 3. The van der Waals surface area contributed by atoms with Gasteiger partial charge in [-0.2, -0.15) is 11.8 Å². The maximum Gasteiger partial charge on any atom is 0.251 e. The first-order valence-electron chi connectivity index (χ1n) is 10.5. The number of carbonyl (C=O) groups excluding carboxylic acids is 2. The lowest BCUT2D eigenvalue weighted by molar-refractivity contribution is -0.116. The minimum absolute atomic E-state index is 0.150. The number of carbonyl (C=O) groups is 2. The fourth-order valence-corrected chi connectivity index (χ4v) is 4.46. The van der Waals surface area contributed by atoms with E-state index in [0.717, 1.165) is 22.6 Å². The largest absolute Gasteiger partial charge is 0.497 e. The van der Waals surface area contributed by atoms with E-state index in [9.17, 15) is 14.0 Å². The zero-order chi connectivity index (χ0) is 23.2. The highest BCUT2D eigenvalue weighted by atomic mass is 32.2. The van der Waals surface area contributed by atoms with Gasteiger partial charge < -0.3 is 20.7 Å². The number of amides is 2. The fraction of sp³-hybridized carbons (Fsp3) is 0.200. The van der Waals surface area contributed by atoms with Crippen molar-refractivity contribution >= 4 is 35.0 Å². The number of nitrogens with one attached hydrogen (secondary N) is 3. The Morgan fingerprint density at radius 1 is 1.06 bits per heavy atom. The molecule has 0 saturated carbocycles. The van der Waals surface area contributed by atoms with Crippen LogP contribution in [0.5, 0.6) is 5.75 Å².